The van der Waals surface area contributed by atoms with Crippen LogP contribution in [-0.2, 0) is 4.79 Å². The van der Waals surface area contributed by atoms with Crippen molar-refractivity contribution in [2.45, 2.75) is 32.4 Å². The van der Waals surface area contributed by atoms with Gasteiger partial charge in [-0.2, -0.15) is 5.26 Å². The molecule has 4 heteroatoms. The third-order valence-corrected chi connectivity index (χ3v) is 3.01. The second-order valence-corrected chi connectivity index (χ2v) is 4.86. The number of hydrogen-bond donors (Lipinski definition) is 1. The summed E-state index contributed by atoms with van der Waals surface area (Å²) in [6.45, 7) is 4.77. The molecule has 4 nitrogen and oxygen atoms in total. The maximum Gasteiger partial charge on any atom is 0.228 e. The molecule has 2 rings (SSSR count). The Balaban J connectivity index is 2.20. The van der Waals surface area contributed by atoms with Crippen LogP contribution < -0.4 is 10.2 Å². The highest BCUT2D eigenvalue weighted by Gasteiger charge is 2.31. The van der Waals surface area contributed by atoms with Gasteiger partial charge in [0.25, 0.3) is 0 Å². The van der Waals surface area contributed by atoms with Crippen molar-refractivity contribution in [2.75, 3.05) is 11.4 Å². The number of para-hydroxylation sites is 1. The van der Waals surface area contributed by atoms with Gasteiger partial charge in [-0.15, -0.1) is 0 Å². The van der Waals surface area contributed by atoms with Gasteiger partial charge in [0, 0.05) is 25.0 Å². The Morgan fingerprint density at radius 3 is 2.83 bits per heavy atom. The quantitative estimate of drug-likeness (QED) is 0.878. The summed E-state index contributed by atoms with van der Waals surface area (Å²) in [6.07, 6.45) is 0.498. The zero-order valence-electron chi connectivity index (χ0n) is 10.7. The van der Waals surface area contributed by atoms with Gasteiger partial charge in [0.1, 0.15) is 6.07 Å². The van der Waals surface area contributed by atoms with Crippen molar-refractivity contribution in [3.05, 3.63) is 29.8 Å². The standard InChI is InChI=1S/C14H17N3O/c1-10(2)16-12-7-14(18)17(9-12)13-6-4-3-5-11(13)8-15/h3-6,10,12,16H,7,9H2,1-2H3. The first-order valence-electron chi connectivity index (χ1n) is 6.17. The molecule has 1 N–H and O–H groups in total. The molecule has 1 saturated heterocycles. The van der Waals surface area contributed by atoms with Crippen LogP contribution in [0.5, 0.6) is 0 Å². The Morgan fingerprint density at radius 2 is 2.17 bits per heavy atom. The lowest BCUT2D eigenvalue weighted by Crippen LogP contribution is -2.37. The lowest BCUT2D eigenvalue weighted by molar-refractivity contribution is -0.117. The van der Waals surface area contributed by atoms with Crippen molar-refractivity contribution in [2.24, 2.45) is 0 Å². The molecule has 0 aliphatic carbocycles. The van der Waals surface area contributed by atoms with E-state index in [0.717, 1.165) is 5.69 Å². The lowest BCUT2D eigenvalue weighted by atomic mass is 10.2. The van der Waals surface area contributed by atoms with E-state index in [9.17, 15) is 4.79 Å². The summed E-state index contributed by atoms with van der Waals surface area (Å²) >= 11 is 0. The average molecular weight is 243 g/mol. The van der Waals surface area contributed by atoms with Crippen molar-refractivity contribution in [1.82, 2.24) is 5.32 Å². The molecule has 94 valence electrons. The number of carbonyl (C=O) groups excluding carboxylic acids is 1. The van der Waals surface area contributed by atoms with Crippen LogP contribution in [0.2, 0.25) is 0 Å². The molecule has 1 aromatic rings. The summed E-state index contributed by atoms with van der Waals surface area (Å²) in [6, 6.07) is 9.90. The zero-order chi connectivity index (χ0) is 13.1. The summed E-state index contributed by atoms with van der Waals surface area (Å²) in [5.41, 5.74) is 1.27. The predicted octanol–water partition coefficient (Wildman–Crippen LogP) is 1.66. The lowest BCUT2D eigenvalue weighted by Gasteiger charge is -2.19. The summed E-state index contributed by atoms with van der Waals surface area (Å²) in [7, 11) is 0. The summed E-state index contributed by atoms with van der Waals surface area (Å²) in [5.74, 6) is 0.0795. The van der Waals surface area contributed by atoms with Crippen molar-refractivity contribution in [3.8, 4) is 6.07 Å². The molecule has 1 fully saturated rings. The number of benzene rings is 1. The predicted molar refractivity (Wildman–Crippen MR) is 70.2 cm³/mol. The van der Waals surface area contributed by atoms with Gasteiger partial charge in [0.05, 0.1) is 11.3 Å². The van der Waals surface area contributed by atoms with Crippen molar-refractivity contribution in [1.29, 1.82) is 5.26 Å². The minimum absolute atomic E-state index is 0.0795. The van der Waals surface area contributed by atoms with E-state index in [1.807, 2.05) is 18.2 Å². The number of nitriles is 1. The Morgan fingerprint density at radius 1 is 1.44 bits per heavy atom. The van der Waals surface area contributed by atoms with Gasteiger partial charge >= 0.3 is 0 Å². The molecule has 1 aliphatic heterocycles. The number of hydrogen-bond acceptors (Lipinski definition) is 3. The zero-order valence-corrected chi connectivity index (χ0v) is 10.7. The van der Waals surface area contributed by atoms with Gasteiger partial charge in [-0.25, -0.2) is 0 Å². The van der Waals surface area contributed by atoms with Gasteiger partial charge in [0.2, 0.25) is 5.91 Å². The molecule has 0 saturated carbocycles. The molecule has 1 amide bonds. The number of amides is 1. The number of rotatable bonds is 3. The second kappa shape index (κ2) is 5.19. The van der Waals surface area contributed by atoms with E-state index >= 15 is 0 Å². The molecule has 1 aromatic carbocycles. The van der Waals surface area contributed by atoms with Crippen LogP contribution in [-0.4, -0.2) is 24.5 Å². The highest BCUT2D eigenvalue weighted by molar-refractivity contribution is 5.97. The molecule has 1 aliphatic rings. The first-order valence-corrected chi connectivity index (χ1v) is 6.17. The number of nitrogens with zero attached hydrogens (tertiary/aromatic N) is 2. The van der Waals surface area contributed by atoms with E-state index in [-0.39, 0.29) is 11.9 Å². The molecule has 0 bridgehead atoms. The van der Waals surface area contributed by atoms with E-state index in [0.29, 0.717) is 24.6 Å². The Kier molecular flexibility index (Phi) is 3.63. The third-order valence-electron chi connectivity index (χ3n) is 3.01. The molecule has 0 radical (unpaired) electrons. The van der Waals surface area contributed by atoms with Crippen LogP contribution in [0, 0.1) is 11.3 Å². The van der Waals surface area contributed by atoms with Crippen LogP contribution >= 0.6 is 0 Å². The van der Waals surface area contributed by atoms with Gasteiger partial charge in [-0.1, -0.05) is 26.0 Å². The summed E-state index contributed by atoms with van der Waals surface area (Å²) in [4.78, 5) is 13.7. The van der Waals surface area contributed by atoms with Crippen LogP contribution in [0.15, 0.2) is 24.3 Å². The highest BCUT2D eigenvalue weighted by atomic mass is 16.2. The summed E-state index contributed by atoms with van der Waals surface area (Å²) in [5, 5.41) is 12.4. The minimum Gasteiger partial charge on any atom is -0.309 e. The number of carbonyl (C=O) groups is 1. The average Bonchev–Trinajstić information content (AvgIpc) is 2.69. The molecule has 1 atom stereocenters. The Labute approximate surface area is 107 Å². The molecule has 0 aromatic heterocycles. The van der Waals surface area contributed by atoms with Crippen LogP contribution in [0.25, 0.3) is 0 Å². The van der Waals surface area contributed by atoms with E-state index in [1.165, 1.54) is 0 Å². The monoisotopic (exact) mass is 243 g/mol. The Hall–Kier alpha value is -1.86. The van der Waals surface area contributed by atoms with E-state index in [1.54, 1.807) is 11.0 Å². The van der Waals surface area contributed by atoms with E-state index in [2.05, 4.69) is 25.2 Å². The number of nitrogens with one attached hydrogen (secondary N) is 1. The molecular weight excluding hydrogens is 226 g/mol. The first kappa shape index (κ1) is 12.6. The van der Waals surface area contributed by atoms with Gasteiger partial charge < -0.3 is 10.2 Å². The molecule has 1 unspecified atom stereocenters. The molecule has 1 heterocycles. The highest BCUT2D eigenvalue weighted by Crippen LogP contribution is 2.25. The second-order valence-electron chi connectivity index (χ2n) is 4.86. The van der Waals surface area contributed by atoms with E-state index in [4.69, 9.17) is 5.26 Å². The van der Waals surface area contributed by atoms with Gasteiger partial charge in [-0.05, 0) is 12.1 Å². The van der Waals surface area contributed by atoms with Crippen molar-refractivity contribution < 1.29 is 4.79 Å². The SMILES string of the molecule is CC(C)NC1CC(=O)N(c2ccccc2C#N)C1. The third kappa shape index (κ3) is 2.52. The smallest absolute Gasteiger partial charge is 0.228 e. The molecule has 18 heavy (non-hydrogen) atoms. The molecule has 0 spiro atoms. The summed E-state index contributed by atoms with van der Waals surface area (Å²) < 4.78 is 0. The van der Waals surface area contributed by atoms with Crippen LogP contribution in [0.3, 0.4) is 0 Å². The van der Waals surface area contributed by atoms with Crippen LogP contribution in [0.4, 0.5) is 5.69 Å². The topological polar surface area (TPSA) is 56.1 Å². The molecular formula is C14H17N3O. The largest absolute Gasteiger partial charge is 0.309 e. The van der Waals surface area contributed by atoms with Gasteiger partial charge in [-0.3, -0.25) is 4.79 Å². The van der Waals surface area contributed by atoms with Crippen molar-refractivity contribution in [3.63, 3.8) is 0 Å². The minimum atomic E-state index is 0.0795. The van der Waals surface area contributed by atoms with Crippen LogP contribution in [0.1, 0.15) is 25.8 Å². The Bertz CT molecular complexity index is 490. The van der Waals surface area contributed by atoms with Crippen molar-refractivity contribution >= 4 is 11.6 Å². The fourth-order valence-corrected chi connectivity index (χ4v) is 2.33. The number of anilines is 1. The maximum absolute atomic E-state index is 12.0. The van der Waals surface area contributed by atoms with E-state index < -0.39 is 0 Å². The fraction of sp³-hybridized carbons (Fsp3) is 0.429. The maximum atomic E-state index is 12.0. The normalized spacial score (nSPS) is 19.3. The fourth-order valence-electron chi connectivity index (χ4n) is 2.33. The first-order chi connectivity index (χ1) is 8.61. The van der Waals surface area contributed by atoms with Gasteiger partial charge in [0.15, 0.2) is 0 Å².